The van der Waals surface area contributed by atoms with Crippen molar-refractivity contribution in [1.82, 2.24) is 4.90 Å². The number of carbonyl (C=O) groups excluding carboxylic acids is 1. The summed E-state index contributed by atoms with van der Waals surface area (Å²) in [5.74, 6) is -1.04. The Morgan fingerprint density at radius 2 is 2.05 bits per heavy atom. The van der Waals surface area contributed by atoms with E-state index in [4.69, 9.17) is 9.52 Å². The molecule has 5 nitrogen and oxygen atoms in total. The summed E-state index contributed by atoms with van der Waals surface area (Å²) in [6, 6.07) is 5.46. The number of carboxylic acid groups (broad SMARTS) is 1. The first-order chi connectivity index (χ1) is 9.38. The van der Waals surface area contributed by atoms with E-state index in [2.05, 4.69) is 15.9 Å². The molecule has 106 valence electrons. The largest absolute Gasteiger partial charge is 0.481 e. The molecule has 2 aromatic rings. The number of carboxylic acids is 1. The first kappa shape index (κ1) is 14.6. The van der Waals surface area contributed by atoms with Crippen molar-refractivity contribution in [3.8, 4) is 0 Å². The van der Waals surface area contributed by atoms with E-state index in [1.165, 1.54) is 4.90 Å². The zero-order valence-electron chi connectivity index (χ0n) is 11.1. The summed E-state index contributed by atoms with van der Waals surface area (Å²) >= 11 is 3.40. The van der Waals surface area contributed by atoms with Gasteiger partial charge in [-0.25, -0.2) is 0 Å². The fraction of sp³-hybridized carbons (Fsp3) is 0.286. The molecule has 0 aliphatic carbocycles. The molecule has 0 fully saturated rings. The minimum absolute atomic E-state index is 0.0902. The van der Waals surface area contributed by atoms with Crippen molar-refractivity contribution in [2.24, 2.45) is 0 Å². The Morgan fingerprint density at radius 1 is 1.35 bits per heavy atom. The summed E-state index contributed by atoms with van der Waals surface area (Å²) in [5, 5.41) is 9.47. The lowest BCUT2D eigenvalue weighted by atomic mass is 10.2. The third kappa shape index (κ3) is 3.01. The molecule has 0 aliphatic rings. The van der Waals surface area contributed by atoms with Crippen molar-refractivity contribution in [1.29, 1.82) is 0 Å². The maximum absolute atomic E-state index is 12.2. The molecule has 1 heterocycles. The number of carbonyl (C=O) groups is 2. The average molecular weight is 340 g/mol. The zero-order chi connectivity index (χ0) is 14.9. The molecule has 0 unspecified atom stereocenters. The van der Waals surface area contributed by atoms with E-state index < -0.39 is 5.97 Å². The molecule has 0 saturated carbocycles. The van der Waals surface area contributed by atoms with Crippen molar-refractivity contribution < 1.29 is 19.1 Å². The summed E-state index contributed by atoms with van der Waals surface area (Å²) in [6.45, 7) is 2.05. The molecule has 1 aromatic heterocycles. The highest BCUT2D eigenvalue weighted by molar-refractivity contribution is 9.10. The van der Waals surface area contributed by atoms with Gasteiger partial charge in [0.1, 0.15) is 5.58 Å². The van der Waals surface area contributed by atoms with Crippen LogP contribution in [0.15, 0.2) is 27.1 Å². The Hall–Kier alpha value is -1.82. The van der Waals surface area contributed by atoms with E-state index in [0.29, 0.717) is 5.58 Å². The second-order valence-electron chi connectivity index (χ2n) is 4.62. The van der Waals surface area contributed by atoms with Crippen molar-refractivity contribution in [3.63, 3.8) is 0 Å². The fourth-order valence-corrected chi connectivity index (χ4v) is 2.53. The van der Waals surface area contributed by atoms with E-state index in [-0.39, 0.29) is 24.6 Å². The number of nitrogens with zero attached hydrogens (tertiary/aromatic N) is 1. The van der Waals surface area contributed by atoms with Crippen LogP contribution >= 0.6 is 15.9 Å². The van der Waals surface area contributed by atoms with Crippen molar-refractivity contribution >= 4 is 38.8 Å². The number of halogens is 1. The third-order valence-electron chi connectivity index (χ3n) is 2.99. The second kappa shape index (κ2) is 5.66. The Morgan fingerprint density at radius 3 is 2.70 bits per heavy atom. The first-order valence-electron chi connectivity index (χ1n) is 6.05. The van der Waals surface area contributed by atoms with Crippen molar-refractivity contribution in [2.45, 2.75) is 13.3 Å². The van der Waals surface area contributed by atoms with Crippen LogP contribution in [0, 0.1) is 6.92 Å². The van der Waals surface area contributed by atoms with Crippen LogP contribution in [0.5, 0.6) is 0 Å². The predicted octanol–water partition coefficient (Wildman–Crippen LogP) is 3.05. The molecular formula is C14H14BrNO4. The van der Waals surface area contributed by atoms with E-state index in [9.17, 15) is 9.59 Å². The van der Waals surface area contributed by atoms with Gasteiger partial charge in [-0.3, -0.25) is 9.59 Å². The zero-order valence-corrected chi connectivity index (χ0v) is 12.7. The molecule has 0 radical (unpaired) electrons. The van der Waals surface area contributed by atoms with Gasteiger partial charge in [-0.2, -0.15) is 0 Å². The maximum atomic E-state index is 12.2. The Kier molecular flexibility index (Phi) is 4.13. The Bertz CT molecular complexity index is 677. The van der Waals surface area contributed by atoms with Gasteiger partial charge in [0.15, 0.2) is 5.76 Å². The van der Waals surface area contributed by atoms with Crippen LogP contribution in [0.4, 0.5) is 0 Å². The van der Waals surface area contributed by atoms with Gasteiger partial charge in [0.2, 0.25) is 0 Å². The summed E-state index contributed by atoms with van der Waals surface area (Å²) < 4.78 is 6.50. The van der Waals surface area contributed by atoms with Crippen molar-refractivity contribution in [3.05, 3.63) is 34.0 Å². The highest BCUT2D eigenvalue weighted by atomic mass is 79.9. The highest BCUT2D eigenvalue weighted by Crippen LogP contribution is 2.27. The number of benzene rings is 1. The highest BCUT2D eigenvalue weighted by Gasteiger charge is 2.18. The van der Waals surface area contributed by atoms with Gasteiger partial charge in [-0.05, 0) is 30.7 Å². The van der Waals surface area contributed by atoms with Gasteiger partial charge >= 0.3 is 5.97 Å². The SMILES string of the molecule is Cc1cc(Br)cc2cc(C(=O)N(C)CCC(=O)O)oc12. The standard InChI is InChI=1S/C14H14BrNO4/c1-8-5-10(15)6-9-7-11(20-13(8)9)14(19)16(2)4-3-12(17)18/h5-7H,3-4H2,1-2H3,(H,17,18). The minimum atomic E-state index is -0.936. The predicted molar refractivity (Wildman–Crippen MR) is 77.9 cm³/mol. The molecule has 0 saturated heterocycles. The first-order valence-corrected chi connectivity index (χ1v) is 6.84. The molecule has 20 heavy (non-hydrogen) atoms. The van der Waals surface area contributed by atoms with Gasteiger partial charge in [0.05, 0.1) is 6.42 Å². The van der Waals surface area contributed by atoms with E-state index >= 15 is 0 Å². The molecule has 0 aliphatic heterocycles. The molecule has 1 aromatic carbocycles. The number of aliphatic carboxylic acids is 1. The van der Waals surface area contributed by atoms with E-state index in [1.54, 1.807) is 13.1 Å². The molecular weight excluding hydrogens is 326 g/mol. The molecule has 2 rings (SSSR count). The van der Waals surface area contributed by atoms with Gasteiger partial charge in [-0.15, -0.1) is 0 Å². The molecule has 6 heteroatoms. The summed E-state index contributed by atoms with van der Waals surface area (Å²) in [6.07, 6.45) is -0.0902. The van der Waals surface area contributed by atoms with Crippen LogP contribution in [0.3, 0.4) is 0 Å². The van der Waals surface area contributed by atoms with E-state index in [0.717, 1.165) is 15.4 Å². The van der Waals surface area contributed by atoms with Crippen LogP contribution in [-0.4, -0.2) is 35.5 Å². The monoisotopic (exact) mass is 339 g/mol. The second-order valence-corrected chi connectivity index (χ2v) is 5.54. The molecule has 0 spiro atoms. The number of amides is 1. The molecule has 0 bridgehead atoms. The normalized spacial score (nSPS) is 10.8. The topological polar surface area (TPSA) is 70.8 Å². The van der Waals surface area contributed by atoms with Crippen LogP contribution in [0.2, 0.25) is 0 Å². The quantitative estimate of drug-likeness (QED) is 0.929. The van der Waals surface area contributed by atoms with Gasteiger partial charge < -0.3 is 14.4 Å². The molecule has 1 N–H and O–H groups in total. The number of rotatable bonds is 4. The lowest BCUT2D eigenvalue weighted by molar-refractivity contribution is -0.137. The Balaban J connectivity index is 2.26. The summed E-state index contributed by atoms with van der Waals surface area (Å²) in [4.78, 5) is 24.0. The minimum Gasteiger partial charge on any atom is -0.481 e. The van der Waals surface area contributed by atoms with Crippen LogP contribution in [0.1, 0.15) is 22.5 Å². The lowest BCUT2D eigenvalue weighted by Crippen LogP contribution is -2.28. The smallest absolute Gasteiger partial charge is 0.305 e. The Labute approximate surface area is 124 Å². The number of furan rings is 1. The van der Waals surface area contributed by atoms with Crippen LogP contribution in [0.25, 0.3) is 11.0 Å². The lowest BCUT2D eigenvalue weighted by Gasteiger charge is -2.13. The van der Waals surface area contributed by atoms with Gasteiger partial charge in [0, 0.05) is 23.5 Å². The fourth-order valence-electron chi connectivity index (χ4n) is 1.94. The number of hydrogen-bond donors (Lipinski definition) is 1. The van der Waals surface area contributed by atoms with Crippen LogP contribution < -0.4 is 0 Å². The maximum Gasteiger partial charge on any atom is 0.305 e. The van der Waals surface area contributed by atoms with Gasteiger partial charge in [-0.1, -0.05) is 15.9 Å². The summed E-state index contributed by atoms with van der Waals surface area (Å²) in [7, 11) is 1.56. The average Bonchev–Trinajstić information content (AvgIpc) is 2.78. The molecule has 0 atom stereocenters. The number of aryl methyl sites for hydroxylation is 1. The van der Waals surface area contributed by atoms with Gasteiger partial charge in [0.25, 0.3) is 5.91 Å². The number of hydrogen-bond acceptors (Lipinski definition) is 3. The summed E-state index contributed by atoms with van der Waals surface area (Å²) in [5.41, 5.74) is 1.60. The van der Waals surface area contributed by atoms with Crippen LogP contribution in [-0.2, 0) is 4.79 Å². The van der Waals surface area contributed by atoms with E-state index in [1.807, 2.05) is 19.1 Å². The third-order valence-corrected chi connectivity index (χ3v) is 3.44. The van der Waals surface area contributed by atoms with Crippen molar-refractivity contribution in [2.75, 3.05) is 13.6 Å². The molecule has 1 amide bonds. The number of fused-ring (bicyclic) bond motifs is 1.